The lowest BCUT2D eigenvalue weighted by Gasteiger charge is -2.03. The van der Waals surface area contributed by atoms with Gasteiger partial charge in [0.1, 0.15) is 5.82 Å². The van der Waals surface area contributed by atoms with E-state index in [0.717, 1.165) is 10.4 Å². The fourth-order valence-electron chi connectivity index (χ4n) is 1.55. The molecule has 0 atom stereocenters. The van der Waals surface area contributed by atoms with E-state index in [1.807, 2.05) is 11.4 Å². The van der Waals surface area contributed by atoms with Crippen molar-refractivity contribution in [2.75, 3.05) is 6.54 Å². The molecule has 2 rings (SSSR count). The van der Waals surface area contributed by atoms with Crippen LogP contribution in [0.1, 0.15) is 16.0 Å². The fraction of sp³-hybridized carbons (Fsp3) is 0.200. The molecule has 0 fully saturated rings. The highest BCUT2D eigenvalue weighted by molar-refractivity contribution is 7.10. The molecule has 0 aliphatic heterocycles. The quantitative estimate of drug-likeness (QED) is 0.871. The molecule has 0 aliphatic carbocycles. The van der Waals surface area contributed by atoms with Crippen LogP contribution in [0.3, 0.4) is 0 Å². The Hall–Kier alpha value is -1.67. The van der Waals surface area contributed by atoms with Gasteiger partial charge >= 0.3 is 0 Å². The molecule has 2 nitrogen and oxygen atoms in total. The van der Waals surface area contributed by atoms with Gasteiger partial charge in [0, 0.05) is 21.4 Å². The number of nitrogens with two attached hydrogens (primary N) is 1. The molecule has 0 amide bonds. The van der Waals surface area contributed by atoms with Crippen molar-refractivity contribution in [3.05, 3.63) is 57.5 Å². The van der Waals surface area contributed by atoms with Crippen LogP contribution in [0.5, 0.6) is 0 Å². The second kappa shape index (κ2) is 7.05. The SMILES string of the molecule is NCC#Cc1csc(COCc2ccccc2F)c1. The molecule has 0 saturated carbocycles. The summed E-state index contributed by atoms with van der Waals surface area (Å²) in [5.41, 5.74) is 6.83. The summed E-state index contributed by atoms with van der Waals surface area (Å²) < 4.78 is 18.9. The van der Waals surface area contributed by atoms with E-state index in [1.165, 1.54) is 6.07 Å². The average Bonchev–Trinajstić information content (AvgIpc) is 2.86. The first-order valence-corrected chi connectivity index (χ1v) is 6.75. The lowest BCUT2D eigenvalue weighted by molar-refractivity contribution is 0.107. The minimum absolute atomic E-state index is 0.233. The van der Waals surface area contributed by atoms with Crippen LogP contribution in [0.4, 0.5) is 4.39 Å². The van der Waals surface area contributed by atoms with Gasteiger partial charge < -0.3 is 10.5 Å². The highest BCUT2D eigenvalue weighted by atomic mass is 32.1. The monoisotopic (exact) mass is 275 g/mol. The molecule has 1 heterocycles. The van der Waals surface area contributed by atoms with Gasteiger partial charge in [0.05, 0.1) is 19.8 Å². The van der Waals surface area contributed by atoms with Crippen LogP contribution >= 0.6 is 11.3 Å². The van der Waals surface area contributed by atoms with Crippen LogP contribution in [-0.2, 0) is 18.0 Å². The predicted octanol–water partition coefficient (Wildman–Crippen LogP) is 2.91. The lowest BCUT2D eigenvalue weighted by Crippen LogP contribution is -1.95. The smallest absolute Gasteiger partial charge is 0.128 e. The molecule has 0 saturated heterocycles. The second-order valence-electron chi connectivity index (χ2n) is 3.89. The number of benzene rings is 1. The zero-order chi connectivity index (χ0) is 13.5. The van der Waals surface area contributed by atoms with E-state index < -0.39 is 0 Å². The fourth-order valence-corrected chi connectivity index (χ4v) is 2.30. The Kier molecular flexibility index (Phi) is 5.10. The number of ether oxygens (including phenoxy) is 1. The van der Waals surface area contributed by atoms with Crippen LogP contribution in [0.25, 0.3) is 0 Å². The standard InChI is InChI=1S/C15H14FNOS/c16-15-6-2-1-5-13(15)9-18-10-14-8-12(11-19-14)4-3-7-17/h1-2,5-6,8,11H,7,9-10,17H2. The largest absolute Gasteiger partial charge is 0.371 e. The van der Waals surface area contributed by atoms with Gasteiger partial charge in [0.15, 0.2) is 0 Å². The van der Waals surface area contributed by atoms with Gasteiger partial charge in [0.25, 0.3) is 0 Å². The molecular weight excluding hydrogens is 261 g/mol. The van der Waals surface area contributed by atoms with E-state index in [2.05, 4.69) is 11.8 Å². The maximum absolute atomic E-state index is 13.4. The van der Waals surface area contributed by atoms with E-state index in [0.29, 0.717) is 18.7 Å². The number of hydrogen-bond acceptors (Lipinski definition) is 3. The Bertz CT molecular complexity index is 597. The van der Waals surface area contributed by atoms with Gasteiger partial charge in [-0.3, -0.25) is 0 Å². The predicted molar refractivity (Wildman–Crippen MR) is 75.1 cm³/mol. The highest BCUT2D eigenvalue weighted by Gasteiger charge is 2.02. The van der Waals surface area contributed by atoms with E-state index in [4.69, 9.17) is 10.5 Å². The van der Waals surface area contributed by atoms with Crippen molar-refractivity contribution < 1.29 is 9.13 Å². The first-order chi connectivity index (χ1) is 9.29. The Labute approximate surface area is 116 Å². The number of halogens is 1. The molecule has 0 radical (unpaired) electrons. The Morgan fingerprint density at radius 1 is 1.26 bits per heavy atom. The zero-order valence-electron chi connectivity index (χ0n) is 10.4. The van der Waals surface area contributed by atoms with E-state index in [9.17, 15) is 4.39 Å². The van der Waals surface area contributed by atoms with Crippen molar-refractivity contribution in [1.29, 1.82) is 0 Å². The summed E-state index contributed by atoms with van der Waals surface area (Å²) in [6.45, 7) is 1.09. The van der Waals surface area contributed by atoms with E-state index in [1.54, 1.807) is 29.5 Å². The molecule has 0 spiro atoms. The third-order valence-corrected chi connectivity index (χ3v) is 3.36. The molecule has 1 aromatic heterocycles. The number of thiophene rings is 1. The molecule has 2 aromatic rings. The van der Waals surface area contributed by atoms with Gasteiger partial charge in [-0.1, -0.05) is 30.0 Å². The van der Waals surface area contributed by atoms with Crippen molar-refractivity contribution in [2.24, 2.45) is 5.73 Å². The maximum Gasteiger partial charge on any atom is 0.128 e. The maximum atomic E-state index is 13.4. The van der Waals surface area contributed by atoms with Gasteiger partial charge in [-0.2, -0.15) is 0 Å². The van der Waals surface area contributed by atoms with Gasteiger partial charge in [0.2, 0.25) is 0 Å². The topological polar surface area (TPSA) is 35.2 Å². The second-order valence-corrected chi connectivity index (χ2v) is 4.89. The van der Waals surface area contributed by atoms with Crippen molar-refractivity contribution >= 4 is 11.3 Å². The normalized spacial score (nSPS) is 10.0. The summed E-state index contributed by atoms with van der Waals surface area (Å²) in [4.78, 5) is 1.07. The molecule has 1 aromatic carbocycles. The van der Waals surface area contributed by atoms with Crippen molar-refractivity contribution in [3.63, 3.8) is 0 Å². The minimum Gasteiger partial charge on any atom is -0.371 e. The van der Waals surface area contributed by atoms with Crippen LogP contribution in [0, 0.1) is 17.7 Å². The first-order valence-electron chi connectivity index (χ1n) is 5.87. The summed E-state index contributed by atoms with van der Waals surface area (Å²) in [7, 11) is 0. The van der Waals surface area contributed by atoms with Crippen molar-refractivity contribution in [3.8, 4) is 11.8 Å². The molecule has 19 heavy (non-hydrogen) atoms. The van der Waals surface area contributed by atoms with Crippen molar-refractivity contribution in [2.45, 2.75) is 13.2 Å². The van der Waals surface area contributed by atoms with E-state index in [-0.39, 0.29) is 12.4 Å². The Morgan fingerprint density at radius 3 is 2.89 bits per heavy atom. The molecule has 4 heteroatoms. The van der Waals surface area contributed by atoms with Gasteiger partial charge in [-0.15, -0.1) is 11.3 Å². The van der Waals surface area contributed by atoms with Crippen LogP contribution in [-0.4, -0.2) is 6.54 Å². The molecule has 98 valence electrons. The van der Waals surface area contributed by atoms with Gasteiger partial charge in [-0.25, -0.2) is 4.39 Å². The lowest BCUT2D eigenvalue weighted by atomic mass is 10.2. The summed E-state index contributed by atoms with van der Waals surface area (Å²) in [5, 5.41) is 1.96. The first kappa shape index (κ1) is 13.8. The minimum atomic E-state index is -0.233. The molecule has 0 unspecified atom stereocenters. The Balaban J connectivity index is 1.86. The summed E-state index contributed by atoms with van der Waals surface area (Å²) in [5.74, 6) is 5.53. The third-order valence-electron chi connectivity index (χ3n) is 2.45. The highest BCUT2D eigenvalue weighted by Crippen LogP contribution is 2.16. The summed E-state index contributed by atoms with van der Waals surface area (Å²) in [6.07, 6.45) is 0. The van der Waals surface area contributed by atoms with Crippen molar-refractivity contribution in [1.82, 2.24) is 0 Å². The van der Waals surface area contributed by atoms with Crippen LogP contribution in [0.2, 0.25) is 0 Å². The van der Waals surface area contributed by atoms with E-state index >= 15 is 0 Å². The number of hydrogen-bond donors (Lipinski definition) is 1. The average molecular weight is 275 g/mol. The number of rotatable bonds is 4. The molecule has 2 N–H and O–H groups in total. The van der Waals surface area contributed by atoms with Gasteiger partial charge in [-0.05, 0) is 12.1 Å². The Morgan fingerprint density at radius 2 is 2.11 bits per heavy atom. The van der Waals surface area contributed by atoms with Crippen LogP contribution < -0.4 is 5.73 Å². The summed E-state index contributed by atoms with van der Waals surface area (Å²) in [6, 6.07) is 8.59. The molecular formula is C15H14FNOS. The molecule has 0 bridgehead atoms. The third kappa shape index (κ3) is 4.18. The molecule has 0 aliphatic rings. The van der Waals surface area contributed by atoms with Crippen LogP contribution in [0.15, 0.2) is 35.7 Å². The zero-order valence-corrected chi connectivity index (χ0v) is 11.2. The summed E-state index contributed by atoms with van der Waals surface area (Å²) >= 11 is 1.58.